The number of carbonyl (C=O) groups excluding carboxylic acids is 1. The summed E-state index contributed by atoms with van der Waals surface area (Å²) in [6, 6.07) is 0. The molecule has 4 fully saturated rings. The third-order valence-corrected chi connectivity index (χ3v) is 13.3. The molecule has 0 heterocycles. The fourth-order valence-corrected chi connectivity index (χ4v) is 10.9. The molecule has 5 aliphatic carbocycles. The molecule has 5 aliphatic rings. The predicted molar refractivity (Wildman–Crippen MR) is 140 cm³/mol. The Hall–Kier alpha value is -0.910. The van der Waals surface area contributed by atoms with Gasteiger partial charge >= 0.3 is 5.97 Å². The van der Waals surface area contributed by atoms with Gasteiger partial charge in [-0.3, -0.25) is 4.79 Å². The Kier molecular flexibility index (Phi) is 5.80. The molecular formula is C31H50O5. The molecule has 0 saturated heterocycles. The molecular weight excluding hydrogens is 452 g/mol. The van der Waals surface area contributed by atoms with Gasteiger partial charge in [-0.1, -0.05) is 60.1 Å². The fraction of sp³-hybridized carbons (Fsp3) is 0.903. The van der Waals surface area contributed by atoms with Gasteiger partial charge in [0.2, 0.25) is 0 Å². The van der Waals surface area contributed by atoms with Crippen LogP contribution in [0.4, 0.5) is 0 Å². The lowest BCUT2D eigenvalue weighted by Crippen LogP contribution is -2.72. The molecule has 0 spiro atoms. The number of aliphatic hydroxyl groups excluding tert-OH is 3. The van der Waals surface area contributed by atoms with Gasteiger partial charge in [-0.15, -0.1) is 0 Å². The Balaban J connectivity index is 1.67. The Labute approximate surface area is 218 Å². The molecule has 0 radical (unpaired) electrons. The average molecular weight is 503 g/mol. The van der Waals surface area contributed by atoms with Crippen LogP contribution in [0.3, 0.4) is 0 Å². The van der Waals surface area contributed by atoms with Crippen molar-refractivity contribution in [3.05, 3.63) is 11.6 Å². The smallest absolute Gasteiger partial charge is 0.315 e. The Morgan fingerprint density at radius 1 is 0.889 bits per heavy atom. The van der Waals surface area contributed by atoms with Crippen LogP contribution in [-0.4, -0.2) is 46.7 Å². The summed E-state index contributed by atoms with van der Waals surface area (Å²) >= 11 is 0. The van der Waals surface area contributed by atoms with E-state index < -0.39 is 23.0 Å². The van der Waals surface area contributed by atoms with Crippen molar-refractivity contribution in [3.8, 4) is 0 Å². The lowest BCUT2D eigenvalue weighted by molar-refractivity contribution is -0.252. The number of fused-ring (bicyclic) bond motifs is 7. The van der Waals surface area contributed by atoms with E-state index >= 15 is 0 Å². The first-order valence-corrected chi connectivity index (χ1v) is 14.4. The number of aliphatic hydroxyl groups is 3. The number of esters is 1. The monoisotopic (exact) mass is 502 g/mol. The highest BCUT2D eigenvalue weighted by atomic mass is 16.5. The molecule has 3 unspecified atom stereocenters. The number of hydrogen-bond donors (Lipinski definition) is 3. The van der Waals surface area contributed by atoms with Gasteiger partial charge in [0, 0.05) is 5.41 Å². The third-order valence-electron chi connectivity index (χ3n) is 13.3. The topological polar surface area (TPSA) is 87.0 Å². The van der Waals surface area contributed by atoms with E-state index in [4.69, 9.17) is 4.74 Å². The zero-order chi connectivity index (χ0) is 26.7. The SMILES string of the molecule is COC(=O)[C@]12CCC(C)(C)C[C@H]1C1=CC[C@@H]3[C@@]4(C)CCC(O)C(C)(C)[C@@H]4CC[C@@]3(C)[C@]1(C)C(O)C2O. The number of hydrogen-bond acceptors (Lipinski definition) is 5. The molecule has 5 nitrogen and oxygen atoms in total. The third kappa shape index (κ3) is 2.97. The zero-order valence-electron chi connectivity index (χ0n) is 23.9. The maximum absolute atomic E-state index is 13.4. The van der Waals surface area contributed by atoms with Crippen LogP contribution < -0.4 is 0 Å². The van der Waals surface area contributed by atoms with Crippen LogP contribution in [0.25, 0.3) is 0 Å². The van der Waals surface area contributed by atoms with Crippen molar-refractivity contribution in [2.24, 2.45) is 50.2 Å². The van der Waals surface area contributed by atoms with Gasteiger partial charge < -0.3 is 20.1 Å². The van der Waals surface area contributed by atoms with E-state index in [1.165, 1.54) is 12.7 Å². The van der Waals surface area contributed by atoms with Gasteiger partial charge in [-0.05, 0) is 90.8 Å². The normalized spacial score (nSPS) is 53.1. The highest BCUT2D eigenvalue weighted by molar-refractivity contribution is 5.80. The molecule has 10 atom stereocenters. The van der Waals surface area contributed by atoms with Crippen molar-refractivity contribution in [2.45, 2.75) is 118 Å². The number of ether oxygens (including phenoxy) is 1. The van der Waals surface area contributed by atoms with Crippen LogP contribution >= 0.6 is 0 Å². The first-order valence-electron chi connectivity index (χ1n) is 14.4. The van der Waals surface area contributed by atoms with E-state index in [9.17, 15) is 20.1 Å². The van der Waals surface area contributed by atoms with Crippen LogP contribution in [0, 0.1) is 50.2 Å². The molecule has 36 heavy (non-hydrogen) atoms. The minimum atomic E-state index is -1.15. The summed E-state index contributed by atoms with van der Waals surface area (Å²) in [5, 5.41) is 34.9. The second-order valence-corrected chi connectivity index (χ2v) is 15.4. The molecule has 0 amide bonds. The van der Waals surface area contributed by atoms with Gasteiger partial charge in [-0.2, -0.15) is 0 Å². The molecule has 0 aliphatic heterocycles. The summed E-state index contributed by atoms with van der Waals surface area (Å²) in [5.74, 6) is 0.251. The maximum atomic E-state index is 13.4. The second-order valence-electron chi connectivity index (χ2n) is 15.4. The quantitative estimate of drug-likeness (QED) is 0.336. The molecule has 5 rings (SSSR count). The first kappa shape index (κ1) is 26.7. The van der Waals surface area contributed by atoms with Crippen molar-refractivity contribution in [1.29, 1.82) is 0 Å². The number of carbonyl (C=O) groups is 1. The molecule has 0 aromatic rings. The summed E-state index contributed by atoms with van der Waals surface area (Å²) < 4.78 is 5.34. The van der Waals surface area contributed by atoms with E-state index in [1.54, 1.807) is 0 Å². The van der Waals surface area contributed by atoms with Crippen molar-refractivity contribution < 1.29 is 24.9 Å². The van der Waals surface area contributed by atoms with E-state index in [2.05, 4.69) is 54.5 Å². The standard InChI is InChI=1S/C31H50O5/c1-26(2)15-16-31(25(35)36-8)19(17-26)18-9-10-21-28(5)13-12-22(32)27(3,4)20(28)11-14-29(21,6)30(18,7)23(33)24(31)34/h9,19-24,32-34H,10-17H2,1-8H3/t19-,20-,21+,22?,23?,24?,28-,29+,30-,31+/m0/s1. The molecule has 0 aromatic heterocycles. The summed E-state index contributed by atoms with van der Waals surface area (Å²) in [6.45, 7) is 16.0. The van der Waals surface area contributed by atoms with Gasteiger partial charge in [0.15, 0.2) is 0 Å². The van der Waals surface area contributed by atoms with E-state index in [0.29, 0.717) is 18.3 Å². The van der Waals surface area contributed by atoms with Crippen LogP contribution in [0.15, 0.2) is 11.6 Å². The minimum Gasteiger partial charge on any atom is -0.468 e. The molecule has 4 saturated carbocycles. The van der Waals surface area contributed by atoms with E-state index in [0.717, 1.165) is 44.9 Å². The molecule has 0 bridgehead atoms. The van der Waals surface area contributed by atoms with Gasteiger partial charge in [-0.25, -0.2) is 0 Å². The Morgan fingerprint density at radius 2 is 1.56 bits per heavy atom. The largest absolute Gasteiger partial charge is 0.468 e. The van der Waals surface area contributed by atoms with Crippen molar-refractivity contribution >= 4 is 5.97 Å². The van der Waals surface area contributed by atoms with Gasteiger partial charge in [0.05, 0.1) is 25.4 Å². The van der Waals surface area contributed by atoms with Gasteiger partial charge in [0.25, 0.3) is 0 Å². The van der Waals surface area contributed by atoms with Crippen LogP contribution in [0.5, 0.6) is 0 Å². The lowest BCUT2D eigenvalue weighted by Gasteiger charge is -2.72. The van der Waals surface area contributed by atoms with Crippen molar-refractivity contribution in [1.82, 2.24) is 0 Å². The average Bonchev–Trinajstić information content (AvgIpc) is 2.80. The first-order chi connectivity index (χ1) is 16.5. The highest BCUT2D eigenvalue weighted by Crippen LogP contribution is 2.75. The maximum Gasteiger partial charge on any atom is 0.315 e. The molecule has 204 valence electrons. The summed E-state index contributed by atoms with van der Waals surface area (Å²) in [4.78, 5) is 13.4. The van der Waals surface area contributed by atoms with E-state index in [-0.39, 0.29) is 39.7 Å². The summed E-state index contributed by atoms with van der Waals surface area (Å²) in [6.07, 6.45) is 6.77. The van der Waals surface area contributed by atoms with Crippen molar-refractivity contribution in [3.63, 3.8) is 0 Å². The van der Waals surface area contributed by atoms with Crippen LogP contribution in [-0.2, 0) is 9.53 Å². The minimum absolute atomic E-state index is 0.0498. The van der Waals surface area contributed by atoms with Gasteiger partial charge in [0.1, 0.15) is 5.41 Å². The highest BCUT2D eigenvalue weighted by Gasteiger charge is 2.74. The number of rotatable bonds is 1. The molecule has 3 N–H and O–H groups in total. The zero-order valence-corrected chi connectivity index (χ0v) is 23.9. The second kappa shape index (κ2) is 7.82. The van der Waals surface area contributed by atoms with Crippen LogP contribution in [0.1, 0.15) is 99.8 Å². The number of allylic oxidation sites excluding steroid dienone is 1. The number of methoxy groups -OCH3 is 1. The summed E-state index contributed by atoms with van der Waals surface area (Å²) in [7, 11) is 1.41. The predicted octanol–water partition coefficient (Wildman–Crippen LogP) is 5.26. The van der Waals surface area contributed by atoms with E-state index in [1.807, 2.05) is 0 Å². The lowest BCUT2D eigenvalue weighted by atomic mass is 9.32. The molecule has 0 aromatic carbocycles. The van der Waals surface area contributed by atoms with Crippen LogP contribution in [0.2, 0.25) is 0 Å². The molecule has 5 heteroatoms. The van der Waals surface area contributed by atoms with Crippen molar-refractivity contribution in [2.75, 3.05) is 7.11 Å². The Bertz CT molecular complexity index is 968. The Morgan fingerprint density at radius 3 is 2.19 bits per heavy atom. The fourth-order valence-electron chi connectivity index (χ4n) is 10.9. The summed E-state index contributed by atoms with van der Waals surface area (Å²) in [5.41, 5.74) is -0.780.